The van der Waals surface area contributed by atoms with Crippen molar-refractivity contribution in [1.29, 1.82) is 0 Å². The minimum absolute atomic E-state index is 0.577. The molecule has 2 rings (SSSR count). The number of likely N-dealkylation sites (N-methyl/N-ethyl adjacent to an activating group) is 1. The normalized spacial score (nSPS) is 25.1. The molecule has 0 aromatic carbocycles. The first-order valence-electron chi connectivity index (χ1n) is 7.11. The van der Waals surface area contributed by atoms with Crippen molar-refractivity contribution in [3.05, 3.63) is 0 Å². The Labute approximate surface area is 110 Å². The van der Waals surface area contributed by atoms with Crippen LogP contribution in [0.15, 0.2) is 4.99 Å². The van der Waals surface area contributed by atoms with E-state index in [2.05, 4.69) is 34.1 Å². The van der Waals surface area contributed by atoms with Gasteiger partial charge in [-0.1, -0.05) is 6.92 Å². The number of nitrogens with two attached hydrogens (primary N) is 1. The van der Waals surface area contributed by atoms with Crippen molar-refractivity contribution in [2.45, 2.75) is 25.8 Å². The molecule has 1 atom stereocenters. The van der Waals surface area contributed by atoms with E-state index in [1.54, 1.807) is 0 Å². The Morgan fingerprint density at radius 3 is 2.61 bits per heavy atom. The highest BCUT2D eigenvalue weighted by molar-refractivity contribution is 5.78. The van der Waals surface area contributed by atoms with Gasteiger partial charge in [0.25, 0.3) is 0 Å². The maximum atomic E-state index is 5.83. The van der Waals surface area contributed by atoms with Gasteiger partial charge in [-0.3, -0.25) is 4.99 Å². The smallest absolute Gasteiger partial charge is 0.188 e. The van der Waals surface area contributed by atoms with Gasteiger partial charge < -0.3 is 20.9 Å². The summed E-state index contributed by atoms with van der Waals surface area (Å²) in [6, 6.07) is 0.599. The molecule has 0 aromatic heterocycles. The van der Waals surface area contributed by atoms with Crippen LogP contribution in [0.5, 0.6) is 0 Å². The van der Waals surface area contributed by atoms with Crippen LogP contribution in [0.2, 0.25) is 0 Å². The number of piperazine rings is 1. The number of nitrogens with one attached hydrogen (secondary N) is 1. The lowest BCUT2D eigenvalue weighted by molar-refractivity contribution is 0.140. The minimum atomic E-state index is 0.577. The van der Waals surface area contributed by atoms with Crippen molar-refractivity contribution in [3.63, 3.8) is 0 Å². The van der Waals surface area contributed by atoms with Gasteiger partial charge in [-0.15, -0.1) is 0 Å². The number of guanidine groups is 1. The highest BCUT2D eigenvalue weighted by Gasteiger charge is 2.21. The molecular formula is C13H27N5. The zero-order valence-electron chi connectivity index (χ0n) is 11.7. The molecule has 0 spiro atoms. The Morgan fingerprint density at radius 1 is 1.33 bits per heavy atom. The van der Waals surface area contributed by atoms with E-state index < -0.39 is 0 Å². The molecule has 0 bridgehead atoms. The number of rotatable bonds is 5. The molecule has 1 saturated heterocycles. The van der Waals surface area contributed by atoms with Crippen LogP contribution < -0.4 is 11.1 Å². The molecule has 104 valence electrons. The van der Waals surface area contributed by atoms with Gasteiger partial charge in [-0.2, -0.15) is 0 Å². The van der Waals surface area contributed by atoms with E-state index in [0.717, 1.165) is 13.1 Å². The van der Waals surface area contributed by atoms with Gasteiger partial charge in [0.15, 0.2) is 5.96 Å². The third kappa shape index (κ3) is 4.82. The molecule has 0 radical (unpaired) electrons. The zero-order valence-corrected chi connectivity index (χ0v) is 11.7. The van der Waals surface area contributed by atoms with Crippen molar-refractivity contribution in [2.75, 3.05) is 46.3 Å². The predicted molar refractivity (Wildman–Crippen MR) is 75.7 cm³/mol. The van der Waals surface area contributed by atoms with E-state index in [4.69, 9.17) is 5.73 Å². The molecule has 3 N–H and O–H groups in total. The van der Waals surface area contributed by atoms with Crippen LogP contribution in [-0.2, 0) is 0 Å². The van der Waals surface area contributed by atoms with Gasteiger partial charge in [0.05, 0.1) is 0 Å². The molecule has 2 fully saturated rings. The fourth-order valence-electron chi connectivity index (χ4n) is 2.27. The van der Waals surface area contributed by atoms with Crippen LogP contribution in [0.3, 0.4) is 0 Å². The summed E-state index contributed by atoms with van der Waals surface area (Å²) in [4.78, 5) is 9.35. The molecular weight excluding hydrogens is 226 g/mol. The van der Waals surface area contributed by atoms with Crippen molar-refractivity contribution in [1.82, 2.24) is 15.1 Å². The molecule has 2 aliphatic rings. The van der Waals surface area contributed by atoms with Gasteiger partial charge in [0, 0.05) is 45.3 Å². The highest BCUT2D eigenvalue weighted by Crippen LogP contribution is 2.18. The lowest BCUT2D eigenvalue weighted by atomic mass is 10.1. The van der Waals surface area contributed by atoms with E-state index in [9.17, 15) is 0 Å². The van der Waals surface area contributed by atoms with Crippen molar-refractivity contribution < 1.29 is 0 Å². The van der Waals surface area contributed by atoms with Gasteiger partial charge in [0.1, 0.15) is 0 Å². The first-order valence-corrected chi connectivity index (χ1v) is 7.11. The first-order chi connectivity index (χ1) is 8.63. The first kappa shape index (κ1) is 13.6. The average molecular weight is 253 g/mol. The van der Waals surface area contributed by atoms with Gasteiger partial charge in [0.2, 0.25) is 0 Å². The van der Waals surface area contributed by atoms with Crippen LogP contribution in [0, 0.1) is 5.92 Å². The van der Waals surface area contributed by atoms with Gasteiger partial charge in [-0.25, -0.2) is 0 Å². The van der Waals surface area contributed by atoms with E-state index in [1.165, 1.54) is 39.0 Å². The summed E-state index contributed by atoms with van der Waals surface area (Å²) < 4.78 is 0. The molecule has 0 aromatic rings. The summed E-state index contributed by atoms with van der Waals surface area (Å²) in [5.41, 5.74) is 5.83. The lowest BCUT2D eigenvalue weighted by Crippen LogP contribution is -2.46. The van der Waals surface area contributed by atoms with Crippen molar-refractivity contribution >= 4 is 5.96 Å². The van der Waals surface area contributed by atoms with Crippen molar-refractivity contribution in [3.8, 4) is 0 Å². The third-order valence-corrected chi connectivity index (χ3v) is 3.67. The SMILES string of the molecule is CC(CN=C(N)NC1CC1)CN1CCN(C)CC1. The van der Waals surface area contributed by atoms with Crippen LogP contribution >= 0.6 is 0 Å². The highest BCUT2D eigenvalue weighted by atomic mass is 15.2. The second kappa shape index (κ2) is 6.38. The maximum Gasteiger partial charge on any atom is 0.188 e. The Bertz CT molecular complexity index is 279. The van der Waals surface area contributed by atoms with Gasteiger partial charge in [-0.05, 0) is 25.8 Å². The van der Waals surface area contributed by atoms with Crippen molar-refractivity contribution in [2.24, 2.45) is 16.6 Å². The molecule has 1 aliphatic heterocycles. The fraction of sp³-hybridized carbons (Fsp3) is 0.923. The predicted octanol–water partition coefficient (Wildman–Crippen LogP) is -0.0634. The Hall–Kier alpha value is -0.810. The van der Waals surface area contributed by atoms with E-state index in [1.807, 2.05) is 0 Å². The molecule has 1 unspecified atom stereocenters. The largest absolute Gasteiger partial charge is 0.370 e. The van der Waals surface area contributed by atoms with E-state index >= 15 is 0 Å². The van der Waals surface area contributed by atoms with Crippen LogP contribution in [0.4, 0.5) is 0 Å². The Balaban J connectivity index is 1.63. The second-order valence-corrected chi connectivity index (χ2v) is 5.85. The summed E-state index contributed by atoms with van der Waals surface area (Å²) in [6.07, 6.45) is 2.49. The average Bonchev–Trinajstić information content (AvgIpc) is 3.13. The van der Waals surface area contributed by atoms with Crippen LogP contribution in [-0.4, -0.2) is 68.1 Å². The van der Waals surface area contributed by atoms with Crippen LogP contribution in [0.25, 0.3) is 0 Å². The topological polar surface area (TPSA) is 56.9 Å². The quantitative estimate of drug-likeness (QED) is 0.532. The number of hydrogen-bond acceptors (Lipinski definition) is 3. The third-order valence-electron chi connectivity index (χ3n) is 3.67. The number of hydrogen-bond donors (Lipinski definition) is 2. The second-order valence-electron chi connectivity index (χ2n) is 5.85. The number of aliphatic imine (C=N–C) groups is 1. The summed E-state index contributed by atoms with van der Waals surface area (Å²) in [7, 11) is 2.19. The monoisotopic (exact) mass is 253 g/mol. The molecule has 5 nitrogen and oxygen atoms in total. The fourth-order valence-corrected chi connectivity index (χ4v) is 2.27. The maximum absolute atomic E-state index is 5.83. The van der Waals surface area contributed by atoms with E-state index in [-0.39, 0.29) is 0 Å². The minimum Gasteiger partial charge on any atom is -0.370 e. The van der Waals surface area contributed by atoms with Crippen LogP contribution in [0.1, 0.15) is 19.8 Å². The molecule has 18 heavy (non-hydrogen) atoms. The Morgan fingerprint density at radius 2 is 2.00 bits per heavy atom. The summed E-state index contributed by atoms with van der Waals surface area (Å²) in [5.74, 6) is 1.20. The Kier molecular flexibility index (Phi) is 4.83. The van der Waals surface area contributed by atoms with Gasteiger partial charge >= 0.3 is 0 Å². The molecule has 1 heterocycles. The summed E-state index contributed by atoms with van der Waals surface area (Å²) in [5, 5.41) is 3.23. The van der Waals surface area contributed by atoms with E-state index in [0.29, 0.717) is 17.9 Å². The number of nitrogens with zero attached hydrogens (tertiary/aromatic N) is 3. The molecule has 1 aliphatic carbocycles. The zero-order chi connectivity index (χ0) is 13.0. The summed E-state index contributed by atoms with van der Waals surface area (Å²) >= 11 is 0. The molecule has 5 heteroatoms. The standard InChI is InChI=1S/C13H27N5/c1-11(9-15-13(14)16-12-3-4-12)10-18-7-5-17(2)6-8-18/h11-12H,3-10H2,1-2H3,(H3,14,15,16). The molecule has 0 amide bonds. The molecule has 1 saturated carbocycles. The lowest BCUT2D eigenvalue weighted by Gasteiger charge is -2.33. The summed E-state index contributed by atoms with van der Waals surface area (Å²) in [6.45, 7) is 8.95.